The normalized spacial score (nSPS) is 10.1. The van der Waals surface area contributed by atoms with Crippen molar-refractivity contribution < 1.29 is 24.2 Å². The Morgan fingerprint density at radius 3 is 2.54 bits per heavy atom. The second kappa shape index (κ2) is 8.21. The predicted octanol–water partition coefficient (Wildman–Crippen LogP) is 3.45. The number of methoxy groups -OCH3 is 1. The maximum atomic E-state index is 12.0. The number of aromatic carboxylic acids is 1. The standard InChI is InChI=1S/C17H16ClNO5/c1-23-15-10-14(13(18)9-12(15)17(21)22)19-16(20)7-8-24-11-5-3-2-4-6-11/h2-6,9-10H,7-8H2,1H3,(H,19,20)(H,21,22). The number of rotatable bonds is 7. The van der Waals surface area contributed by atoms with Crippen LogP contribution in [0.15, 0.2) is 42.5 Å². The Labute approximate surface area is 144 Å². The quantitative estimate of drug-likeness (QED) is 0.799. The third kappa shape index (κ3) is 4.63. The highest BCUT2D eigenvalue weighted by atomic mass is 35.5. The molecule has 24 heavy (non-hydrogen) atoms. The monoisotopic (exact) mass is 349 g/mol. The van der Waals surface area contributed by atoms with Gasteiger partial charge >= 0.3 is 5.97 Å². The molecule has 0 atom stereocenters. The second-order valence-electron chi connectivity index (χ2n) is 4.80. The average molecular weight is 350 g/mol. The number of carboxylic acids is 1. The number of hydrogen-bond donors (Lipinski definition) is 2. The van der Waals surface area contributed by atoms with Gasteiger partial charge in [0, 0.05) is 6.07 Å². The molecule has 0 saturated carbocycles. The fraction of sp³-hybridized carbons (Fsp3) is 0.176. The summed E-state index contributed by atoms with van der Waals surface area (Å²) in [4.78, 5) is 23.1. The zero-order valence-electron chi connectivity index (χ0n) is 12.9. The van der Waals surface area contributed by atoms with Crippen LogP contribution in [0.25, 0.3) is 0 Å². The van der Waals surface area contributed by atoms with E-state index in [2.05, 4.69) is 5.32 Å². The molecule has 6 nitrogen and oxygen atoms in total. The molecule has 0 heterocycles. The Morgan fingerprint density at radius 2 is 1.92 bits per heavy atom. The first kappa shape index (κ1) is 17.6. The van der Waals surface area contributed by atoms with E-state index < -0.39 is 5.97 Å². The summed E-state index contributed by atoms with van der Waals surface area (Å²) in [7, 11) is 1.34. The lowest BCUT2D eigenvalue weighted by Gasteiger charge is -2.12. The van der Waals surface area contributed by atoms with Gasteiger partial charge in [0.25, 0.3) is 0 Å². The number of hydrogen-bond acceptors (Lipinski definition) is 4. The summed E-state index contributed by atoms with van der Waals surface area (Å²) >= 11 is 6.01. The molecule has 0 aliphatic carbocycles. The minimum atomic E-state index is -1.16. The number of carbonyl (C=O) groups excluding carboxylic acids is 1. The minimum absolute atomic E-state index is 0.0760. The van der Waals surface area contributed by atoms with Crippen LogP contribution < -0.4 is 14.8 Å². The number of benzene rings is 2. The SMILES string of the molecule is COc1cc(NC(=O)CCOc2ccccc2)c(Cl)cc1C(=O)O. The molecule has 0 bridgehead atoms. The van der Waals surface area contributed by atoms with Crippen LogP contribution in [-0.2, 0) is 4.79 Å². The summed E-state index contributed by atoms with van der Waals surface area (Å²) in [5.41, 5.74) is 0.205. The molecule has 7 heteroatoms. The van der Waals surface area contributed by atoms with E-state index in [1.54, 1.807) is 12.1 Å². The van der Waals surface area contributed by atoms with Crippen molar-refractivity contribution in [2.24, 2.45) is 0 Å². The van der Waals surface area contributed by atoms with E-state index >= 15 is 0 Å². The van der Waals surface area contributed by atoms with Crippen molar-refractivity contribution >= 4 is 29.2 Å². The predicted molar refractivity (Wildman–Crippen MR) is 90.1 cm³/mol. The summed E-state index contributed by atoms with van der Waals surface area (Å²) in [6.45, 7) is 0.206. The molecule has 0 radical (unpaired) electrons. The molecule has 0 fully saturated rings. The summed E-state index contributed by atoms with van der Waals surface area (Å²) in [6.07, 6.45) is 0.119. The molecule has 2 rings (SSSR count). The fourth-order valence-electron chi connectivity index (χ4n) is 1.98. The Hall–Kier alpha value is -2.73. The molecule has 1 amide bonds. The van der Waals surface area contributed by atoms with Gasteiger partial charge in [0.05, 0.1) is 30.8 Å². The molecule has 2 aromatic rings. The number of ether oxygens (including phenoxy) is 2. The third-order valence-electron chi connectivity index (χ3n) is 3.13. The Kier molecular flexibility index (Phi) is 6.03. The number of anilines is 1. The Bertz CT molecular complexity index is 733. The molecule has 0 spiro atoms. The number of carboxylic acid groups (broad SMARTS) is 1. The first-order chi connectivity index (χ1) is 11.5. The summed E-state index contributed by atoms with van der Waals surface area (Å²) < 4.78 is 10.5. The van der Waals surface area contributed by atoms with Crippen LogP contribution in [0.1, 0.15) is 16.8 Å². The molecular formula is C17H16ClNO5. The smallest absolute Gasteiger partial charge is 0.339 e. The lowest BCUT2D eigenvalue weighted by atomic mass is 10.1. The summed E-state index contributed by atoms with van der Waals surface area (Å²) in [5.74, 6) is -0.681. The summed E-state index contributed by atoms with van der Waals surface area (Å²) in [6, 6.07) is 11.8. The van der Waals surface area contributed by atoms with Gasteiger partial charge in [0.2, 0.25) is 5.91 Å². The van der Waals surface area contributed by atoms with Crippen molar-refractivity contribution in [2.45, 2.75) is 6.42 Å². The molecule has 0 aromatic heterocycles. The van der Waals surface area contributed by atoms with E-state index in [0.29, 0.717) is 5.75 Å². The molecule has 0 aliphatic heterocycles. The first-order valence-electron chi connectivity index (χ1n) is 7.09. The second-order valence-corrected chi connectivity index (χ2v) is 5.20. The van der Waals surface area contributed by atoms with Gasteiger partial charge in [-0.2, -0.15) is 0 Å². The molecule has 0 saturated heterocycles. The third-order valence-corrected chi connectivity index (χ3v) is 3.45. The maximum Gasteiger partial charge on any atom is 0.339 e. The average Bonchev–Trinajstić information content (AvgIpc) is 2.57. The van der Waals surface area contributed by atoms with Gasteiger partial charge in [-0.15, -0.1) is 0 Å². The zero-order chi connectivity index (χ0) is 17.5. The van der Waals surface area contributed by atoms with Gasteiger partial charge in [-0.1, -0.05) is 29.8 Å². The van der Waals surface area contributed by atoms with Gasteiger partial charge in [-0.05, 0) is 18.2 Å². The minimum Gasteiger partial charge on any atom is -0.496 e. The molecule has 0 unspecified atom stereocenters. The zero-order valence-corrected chi connectivity index (χ0v) is 13.7. The van der Waals surface area contributed by atoms with Gasteiger partial charge in [-0.25, -0.2) is 4.79 Å². The number of nitrogens with one attached hydrogen (secondary N) is 1. The highest BCUT2D eigenvalue weighted by Crippen LogP contribution is 2.31. The van der Waals surface area contributed by atoms with Crippen molar-refractivity contribution in [1.29, 1.82) is 0 Å². The van der Waals surface area contributed by atoms with Crippen LogP contribution in [0.3, 0.4) is 0 Å². The van der Waals surface area contributed by atoms with E-state index in [4.69, 9.17) is 26.2 Å². The number of carbonyl (C=O) groups is 2. The molecule has 0 aliphatic rings. The Morgan fingerprint density at radius 1 is 1.21 bits per heavy atom. The van der Waals surface area contributed by atoms with Crippen molar-refractivity contribution in [2.75, 3.05) is 19.0 Å². The van der Waals surface area contributed by atoms with Crippen LogP contribution in [-0.4, -0.2) is 30.7 Å². The maximum absolute atomic E-state index is 12.0. The van der Waals surface area contributed by atoms with E-state index in [-0.39, 0.29) is 41.0 Å². The van der Waals surface area contributed by atoms with Crippen LogP contribution >= 0.6 is 11.6 Å². The number of amides is 1. The summed E-state index contributed by atoms with van der Waals surface area (Å²) in [5, 5.41) is 11.8. The van der Waals surface area contributed by atoms with E-state index in [9.17, 15) is 9.59 Å². The van der Waals surface area contributed by atoms with Gasteiger partial charge in [-0.3, -0.25) is 4.79 Å². The number of halogens is 1. The van der Waals surface area contributed by atoms with Gasteiger partial charge < -0.3 is 19.9 Å². The lowest BCUT2D eigenvalue weighted by Crippen LogP contribution is -2.16. The van der Waals surface area contributed by atoms with E-state index in [0.717, 1.165) is 0 Å². The highest BCUT2D eigenvalue weighted by molar-refractivity contribution is 6.34. The fourth-order valence-corrected chi connectivity index (χ4v) is 2.19. The van der Waals surface area contributed by atoms with Crippen LogP contribution in [0.5, 0.6) is 11.5 Å². The first-order valence-corrected chi connectivity index (χ1v) is 7.47. The molecular weight excluding hydrogens is 334 g/mol. The Balaban J connectivity index is 1.97. The van der Waals surface area contributed by atoms with Crippen molar-refractivity contribution in [3.05, 3.63) is 53.1 Å². The van der Waals surface area contributed by atoms with Crippen molar-refractivity contribution in [1.82, 2.24) is 0 Å². The molecule has 2 N–H and O–H groups in total. The van der Waals surface area contributed by atoms with Crippen molar-refractivity contribution in [3.63, 3.8) is 0 Å². The van der Waals surface area contributed by atoms with Crippen LogP contribution in [0.4, 0.5) is 5.69 Å². The van der Waals surface area contributed by atoms with Gasteiger partial charge in [0.15, 0.2) is 0 Å². The topological polar surface area (TPSA) is 84.9 Å². The van der Waals surface area contributed by atoms with Crippen LogP contribution in [0.2, 0.25) is 5.02 Å². The van der Waals surface area contributed by atoms with E-state index in [1.165, 1.54) is 19.2 Å². The van der Waals surface area contributed by atoms with Crippen LogP contribution in [0, 0.1) is 0 Å². The highest BCUT2D eigenvalue weighted by Gasteiger charge is 2.16. The van der Waals surface area contributed by atoms with E-state index in [1.807, 2.05) is 18.2 Å². The largest absolute Gasteiger partial charge is 0.496 e. The number of para-hydroxylation sites is 1. The van der Waals surface area contributed by atoms with Gasteiger partial charge in [0.1, 0.15) is 17.1 Å². The molecule has 126 valence electrons. The lowest BCUT2D eigenvalue weighted by molar-refractivity contribution is -0.116. The molecule has 2 aromatic carbocycles. The van der Waals surface area contributed by atoms with Crippen molar-refractivity contribution in [3.8, 4) is 11.5 Å².